The highest BCUT2D eigenvalue weighted by Gasteiger charge is 2.55. The molecule has 0 saturated carbocycles. The zero-order valence-corrected chi connectivity index (χ0v) is 18.9. The van der Waals surface area contributed by atoms with Gasteiger partial charge in [-0.05, 0) is 36.6 Å². The zero-order valence-electron chi connectivity index (χ0n) is 18.9. The van der Waals surface area contributed by atoms with Gasteiger partial charge in [-0.3, -0.25) is 4.79 Å². The molecule has 2 fully saturated rings. The number of piperidine rings is 1. The first-order valence-corrected chi connectivity index (χ1v) is 11.4. The molecule has 8 nitrogen and oxygen atoms in total. The summed E-state index contributed by atoms with van der Waals surface area (Å²) in [4.78, 5) is 40.5. The summed E-state index contributed by atoms with van der Waals surface area (Å²) in [6, 6.07) is 20.6. The Bertz CT molecular complexity index is 1300. The predicted octanol–water partition coefficient (Wildman–Crippen LogP) is 3.85. The fourth-order valence-electron chi connectivity index (χ4n) is 4.38. The van der Waals surface area contributed by atoms with Crippen molar-refractivity contribution in [2.75, 3.05) is 6.54 Å². The number of aromatic nitrogens is 1. The van der Waals surface area contributed by atoms with Crippen molar-refractivity contribution in [3.8, 4) is 11.5 Å². The number of likely N-dealkylation sites (tertiary alicyclic amines) is 1. The Kier molecular flexibility index (Phi) is 6.20. The molecule has 0 aliphatic carbocycles. The maximum Gasteiger partial charge on any atom is 0.421 e. The minimum absolute atomic E-state index is 0.0382. The second kappa shape index (κ2) is 9.60. The van der Waals surface area contributed by atoms with E-state index in [2.05, 4.69) is 4.98 Å². The van der Waals surface area contributed by atoms with Crippen molar-refractivity contribution in [2.45, 2.75) is 25.3 Å². The minimum atomic E-state index is -1.54. The van der Waals surface area contributed by atoms with Crippen LogP contribution in [0, 0.1) is 5.92 Å². The molecule has 3 aromatic rings. The first-order valence-electron chi connectivity index (χ1n) is 11.4. The van der Waals surface area contributed by atoms with Gasteiger partial charge in [-0.25, -0.2) is 14.5 Å². The van der Waals surface area contributed by atoms with Crippen LogP contribution in [0.4, 0.5) is 0 Å². The van der Waals surface area contributed by atoms with Crippen molar-refractivity contribution in [1.29, 1.82) is 0 Å². The van der Waals surface area contributed by atoms with Gasteiger partial charge in [-0.2, -0.15) is 0 Å². The third kappa shape index (κ3) is 4.88. The van der Waals surface area contributed by atoms with E-state index in [1.165, 1.54) is 0 Å². The predicted molar refractivity (Wildman–Crippen MR) is 127 cm³/mol. The van der Waals surface area contributed by atoms with Gasteiger partial charge in [0, 0.05) is 36.8 Å². The number of benzene rings is 2. The van der Waals surface area contributed by atoms with Gasteiger partial charge in [0.15, 0.2) is 0 Å². The zero-order chi connectivity index (χ0) is 24.3. The summed E-state index contributed by atoms with van der Waals surface area (Å²) in [5, 5.41) is 0. The van der Waals surface area contributed by atoms with Crippen LogP contribution in [0.15, 0.2) is 83.8 Å². The Morgan fingerprint density at radius 2 is 1.71 bits per heavy atom. The number of para-hydroxylation sites is 2. The number of hydrogen-bond acceptors (Lipinski definition) is 7. The molecule has 3 heterocycles. The Labute approximate surface area is 201 Å². The van der Waals surface area contributed by atoms with Gasteiger partial charge in [-0.15, -0.1) is 0 Å². The summed E-state index contributed by atoms with van der Waals surface area (Å²) in [5.41, 5.74) is 1.14. The van der Waals surface area contributed by atoms with E-state index < -0.39 is 17.8 Å². The Morgan fingerprint density at radius 3 is 2.49 bits per heavy atom. The number of ether oxygens (including phenoxy) is 3. The van der Waals surface area contributed by atoms with E-state index in [1.54, 1.807) is 23.2 Å². The summed E-state index contributed by atoms with van der Waals surface area (Å²) in [6.07, 6.45) is 6.51. The monoisotopic (exact) mass is 472 g/mol. The van der Waals surface area contributed by atoms with Gasteiger partial charge in [0.2, 0.25) is 0 Å². The Morgan fingerprint density at radius 1 is 0.971 bits per heavy atom. The van der Waals surface area contributed by atoms with Crippen molar-refractivity contribution in [3.05, 3.63) is 100 Å². The van der Waals surface area contributed by atoms with Crippen molar-refractivity contribution in [3.63, 3.8) is 0 Å². The summed E-state index contributed by atoms with van der Waals surface area (Å²) in [7, 11) is 0. The van der Waals surface area contributed by atoms with Gasteiger partial charge in [0.1, 0.15) is 11.5 Å². The fourth-order valence-corrected chi connectivity index (χ4v) is 4.38. The van der Waals surface area contributed by atoms with Crippen LogP contribution in [0.25, 0.3) is 6.08 Å². The van der Waals surface area contributed by atoms with E-state index in [1.807, 2.05) is 66.7 Å². The van der Waals surface area contributed by atoms with Gasteiger partial charge in [0.25, 0.3) is 5.56 Å². The highest BCUT2D eigenvalue weighted by Crippen LogP contribution is 2.39. The molecular weight excluding hydrogens is 448 g/mol. The molecule has 1 spiro atoms. The number of rotatable bonds is 6. The molecule has 1 aromatic heterocycles. The van der Waals surface area contributed by atoms with E-state index in [0.29, 0.717) is 17.9 Å². The first-order chi connectivity index (χ1) is 17.0. The third-order valence-corrected chi connectivity index (χ3v) is 6.14. The number of hydrogen-bond donors (Lipinski definition) is 1. The van der Waals surface area contributed by atoms with Crippen LogP contribution in [0.2, 0.25) is 0 Å². The smallest absolute Gasteiger partial charge is 0.421 e. The number of nitrogens with zero attached hydrogens (tertiary/aromatic N) is 1. The molecule has 2 aliphatic heterocycles. The van der Waals surface area contributed by atoms with Gasteiger partial charge < -0.3 is 19.2 Å². The third-order valence-electron chi connectivity index (χ3n) is 6.14. The lowest BCUT2D eigenvalue weighted by Gasteiger charge is -2.42. The number of allylic oxidation sites excluding steroid dienone is 1. The molecule has 0 radical (unpaired) electrons. The highest BCUT2D eigenvalue weighted by atomic mass is 16.8. The van der Waals surface area contributed by atoms with E-state index in [-0.39, 0.29) is 24.4 Å². The summed E-state index contributed by atoms with van der Waals surface area (Å²) >= 11 is 0. The first kappa shape index (κ1) is 22.6. The lowest BCUT2D eigenvalue weighted by atomic mass is 9.92. The van der Waals surface area contributed by atoms with Crippen LogP contribution in [-0.4, -0.2) is 34.3 Å². The molecule has 5 rings (SSSR count). The lowest BCUT2D eigenvalue weighted by molar-refractivity contribution is -0.271. The average Bonchev–Trinajstić information content (AvgIpc) is 3.15. The Hall–Kier alpha value is -4.17. The van der Waals surface area contributed by atoms with E-state index in [0.717, 1.165) is 17.7 Å². The number of carbonyl (C=O) groups excluding carboxylic acids is 2. The standard InChI is InChI=1S/C27H24N2O6/c30-24-21(8-6-15-28-24)18-29-16-14-19(17-27(29)34-25(31)26(32)35-27)12-13-20-7-4-5-11-23(20)33-22-9-2-1-3-10-22/h1-13,15,19H,14,16-18H2,(H,28,30)/b13-12+. The summed E-state index contributed by atoms with van der Waals surface area (Å²) < 4.78 is 16.9. The van der Waals surface area contributed by atoms with Gasteiger partial charge >= 0.3 is 17.8 Å². The second-order valence-corrected chi connectivity index (χ2v) is 8.50. The molecule has 8 heteroatoms. The number of nitrogens with one attached hydrogen (secondary N) is 1. The molecule has 2 saturated heterocycles. The quantitative estimate of drug-likeness (QED) is 0.430. The molecule has 0 amide bonds. The van der Waals surface area contributed by atoms with Crippen molar-refractivity contribution in [1.82, 2.24) is 9.88 Å². The second-order valence-electron chi connectivity index (χ2n) is 8.50. The van der Waals surface area contributed by atoms with Crippen LogP contribution in [0.3, 0.4) is 0 Å². The molecule has 2 aromatic carbocycles. The molecule has 35 heavy (non-hydrogen) atoms. The van der Waals surface area contributed by atoms with Gasteiger partial charge in [-0.1, -0.05) is 54.6 Å². The highest BCUT2D eigenvalue weighted by molar-refractivity contribution is 6.31. The van der Waals surface area contributed by atoms with Crippen molar-refractivity contribution < 1.29 is 23.8 Å². The molecular formula is C27H24N2O6. The lowest BCUT2D eigenvalue weighted by Crippen LogP contribution is -2.55. The maximum absolute atomic E-state index is 12.2. The number of carbonyl (C=O) groups is 2. The Balaban J connectivity index is 1.36. The topological polar surface area (TPSA) is 97.9 Å². The summed E-state index contributed by atoms with van der Waals surface area (Å²) in [5.74, 6) is -2.18. The number of aromatic amines is 1. The van der Waals surface area contributed by atoms with E-state index in [4.69, 9.17) is 14.2 Å². The molecule has 1 unspecified atom stereocenters. The average molecular weight is 472 g/mol. The molecule has 178 valence electrons. The van der Waals surface area contributed by atoms with Crippen molar-refractivity contribution >= 4 is 18.0 Å². The SMILES string of the molecule is O=C1OC2(CC(/C=C/c3ccccc3Oc3ccccc3)CCN2Cc2ccc[nH]c2=O)OC1=O. The number of esters is 2. The van der Waals surface area contributed by atoms with Gasteiger partial charge in [0.05, 0.1) is 0 Å². The largest absolute Gasteiger partial charge is 0.457 e. The molecule has 0 bridgehead atoms. The molecule has 2 aliphatic rings. The minimum Gasteiger partial charge on any atom is -0.457 e. The molecule has 1 N–H and O–H groups in total. The number of H-pyrrole nitrogens is 1. The van der Waals surface area contributed by atoms with Crippen LogP contribution >= 0.6 is 0 Å². The normalized spacial score (nSPS) is 19.6. The van der Waals surface area contributed by atoms with Crippen LogP contribution in [0.5, 0.6) is 11.5 Å². The van der Waals surface area contributed by atoms with Crippen molar-refractivity contribution in [2.24, 2.45) is 5.92 Å². The van der Waals surface area contributed by atoms with E-state index in [9.17, 15) is 14.4 Å². The molecule has 1 atom stereocenters. The van der Waals surface area contributed by atoms with Crippen LogP contribution in [0.1, 0.15) is 24.0 Å². The fraction of sp³-hybridized carbons (Fsp3) is 0.222. The van der Waals surface area contributed by atoms with Crippen LogP contribution < -0.4 is 10.3 Å². The van der Waals surface area contributed by atoms with E-state index >= 15 is 0 Å². The number of pyridine rings is 1. The maximum atomic E-state index is 12.2. The van der Waals surface area contributed by atoms with Crippen LogP contribution in [-0.2, 0) is 25.6 Å². The summed E-state index contributed by atoms with van der Waals surface area (Å²) in [6.45, 7) is 0.646.